The van der Waals surface area contributed by atoms with Crippen molar-refractivity contribution in [2.45, 2.75) is 6.54 Å². The van der Waals surface area contributed by atoms with Crippen LogP contribution in [0.15, 0.2) is 18.3 Å². The second-order valence-electron chi connectivity index (χ2n) is 2.88. The molecule has 0 amide bonds. The van der Waals surface area contributed by atoms with Crippen LogP contribution < -0.4 is 10.1 Å². The van der Waals surface area contributed by atoms with E-state index in [1.165, 1.54) is 0 Å². The highest BCUT2D eigenvalue weighted by molar-refractivity contribution is 5.17. The normalized spacial score (nSPS) is 10.1. The highest BCUT2D eigenvalue weighted by atomic mass is 16.5. The van der Waals surface area contributed by atoms with Crippen LogP contribution in [0.3, 0.4) is 0 Å². The highest BCUT2D eigenvalue weighted by Crippen LogP contribution is 2.06. The fraction of sp³-hybridized carbons (Fsp3) is 0.500. The van der Waals surface area contributed by atoms with Crippen molar-refractivity contribution < 1.29 is 9.47 Å². The van der Waals surface area contributed by atoms with Gasteiger partial charge in [-0.05, 0) is 12.6 Å². The van der Waals surface area contributed by atoms with Gasteiger partial charge in [0, 0.05) is 25.9 Å². The standard InChI is InChI=1S/C10H16N2O2/c1-11-7-9-3-4-10(12-8-9)14-6-5-13-2/h3-4,8,11H,5-7H2,1-2H3. The van der Waals surface area contributed by atoms with Crippen LogP contribution in [-0.4, -0.2) is 32.4 Å². The number of nitrogens with one attached hydrogen (secondary N) is 1. The number of hydrogen-bond donors (Lipinski definition) is 1. The molecule has 0 fully saturated rings. The molecule has 4 heteroatoms. The third kappa shape index (κ3) is 3.72. The first kappa shape index (κ1) is 10.9. The Bertz CT molecular complexity index is 249. The van der Waals surface area contributed by atoms with Gasteiger partial charge in [-0.3, -0.25) is 0 Å². The maximum Gasteiger partial charge on any atom is 0.213 e. The Morgan fingerprint density at radius 1 is 1.36 bits per heavy atom. The lowest BCUT2D eigenvalue weighted by Crippen LogP contribution is -2.07. The summed E-state index contributed by atoms with van der Waals surface area (Å²) in [6.07, 6.45) is 1.80. The summed E-state index contributed by atoms with van der Waals surface area (Å²) in [5.74, 6) is 0.641. The smallest absolute Gasteiger partial charge is 0.213 e. The number of nitrogens with zero attached hydrogens (tertiary/aromatic N) is 1. The van der Waals surface area contributed by atoms with Crippen molar-refractivity contribution in [3.63, 3.8) is 0 Å². The van der Waals surface area contributed by atoms with E-state index in [2.05, 4.69) is 10.3 Å². The van der Waals surface area contributed by atoms with Crippen LogP contribution in [0.1, 0.15) is 5.56 Å². The third-order valence-electron chi connectivity index (χ3n) is 1.72. The first-order chi connectivity index (χ1) is 6.86. The summed E-state index contributed by atoms with van der Waals surface area (Å²) >= 11 is 0. The summed E-state index contributed by atoms with van der Waals surface area (Å²) in [5, 5.41) is 3.05. The zero-order chi connectivity index (χ0) is 10.2. The molecule has 0 radical (unpaired) electrons. The van der Waals surface area contributed by atoms with Crippen LogP contribution in [0.25, 0.3) is 0 Å². The van der Waals surface area contributed by atoms with E-state index in [-0.39, 0.29) is 0 Å². The van der Waals surface area contributed by atoms with Gasteiger partial charge in [-0.1, -0.05) is 6.07 Å². The molecule has 0 spiro atoms. The molecule has 1 N–H and O–H groups in total. The predicted octanol–water partition coefficient (Wildman–Crippen LogP) is 0.826. The second-order valence-corrected chi connectivity index (χ2v) is 2.88. The molecule has 0 aliphatic carbocycles. The van der Waals surface area contributed by atoms with Crippen LogP contribution >= 0.6 is 0 Å². The van der Waals surface area contributed by atoms with E-state index in [9.17, 15) is 0 Å². The van der Waals surface area contributed by atoms with E-state index in [1.54, 1.807) is 13.3 Å². The molecule has 0 atom stereocenters. The Morgan fingerprint density at radius 3 is 2.79 bits per heavy atom. The van der Waals surface area contributed by atoms with Crippen molar-refractivity contribution >= 4 is 0 Å². The molecule has 1 rings (SSSR count). The molecule has 0 aliphatic rings. The number of rotatable bonds is 6. The Morgan fingerprint density at radius 2 is 2.21 bits per heavy atom. The Balaban J connectivity index is 2.38. The Labute approximate surface area is 84.3 Å². The molecule has 1 aromatic heterocycles. The first-order valence-corrected chi connectivity index (χ1v) is 4.58. The molecule has 0 aliphatic heterocycles. The number of ether oxygens (including phenoxy) is 2. The van der Waals surface area contributed by atoms with E-state index >= 15 is 0 Å². The van der Waals surface area contributed by atoms with Crippen molar-refractivity contribution in [1.29, 1.82) is 0 Å². The van der Waals surface area contributed by atoms with Gasteiger partial charge in [-0.2, -0.15) is 0 Å². The molecule has 0 aromatic carbocycles. The summed E-state index contributed by atoms with van der Waals surface area (Å²) in [6.45, 7) is 1.94. The molecule has 0 unspecified atom stereocenters. The maximum atomic E-state index is 5.32. The van der Waals surface area contributed by atoms with Gasteiger partial charge >= 0.3 is 0 Å². The van der Waals surface area contributed by atoms with Crippen LogP contribution in [0.2, 0.25) is 0 Å². The molecule has 4 nitrogen and oxygen atoms in total. The molecule has 78 valence electrons. The van der Waals surface area contributed by atoms with Crippen molar-refractivity contribution in [3.8, 4) is 5.88 Å². The second kappa shape index (κ2) is 6.34. The summed E-state index contributed by atoms with van der Waals surface area (Å²) < 4.78 is 10.2. The lowest BCUT2D eigenvalue weighted by molar-refractivity contribution is 0.143. The van der Waals surface area contributed by atoms with E-state index in [4.69, 9.17) is 9.47 Å². The SMILES string of the molecule is CNCc1ccc(OCCOC)nc1. The molecular formula is C10H16N2O2. The number of aromatic nitrogens is 1. The minimum absolute atomic E-state index is 0.537. The number of pyridine rings is 1. The Kier molecular flexibility index (Phi) is 4.96. The van der Waals surface area contributed by atoms with E-state index in [1.807, 2.05) is 19.2 Å². The summed E-state index contributed by atoms with van der Waals surface area (Å²) in [7, 11) is 3.55. The lowest BCUT2D eigenvalue weighted by Gasteiger charge is -2.05. The fourth-order valence-corrected chi connectivity index (χ4v) is 1.03. The quantitative estimate of drug-likeness (QED) is 0.684. The molecule has 0 saturated heterocycles. The van der Waals surface area contributed by atoms with Gasteiger partial charge in [0.25, 0.3) is 0 Å². The number of methoxy groups -OCH3 is 1. The van der Waals surface area contributed by atoms with Crippen molar-refractivity contribution in [3.05, 3.63) is 23.9 Å². The van der Waals surface area contributed by atoms with Crippen LogP contribution in [0, 0.1) is 0 Å². The van der Waals surface area contributed by atoms with Gasteiger partial charge in [0.2, 0.25) is 5.88 Å². The largest absolute Gasteiger partial charge is 0.475 e. The van der Waals surface area contributed by atoms with Crippen LogP contribution in [0.5, 0.6) is 5.88 Å². The molecule has 0 saturated carbocycles. The third-order valence-corrected chi connectivity index (χ3v) is 1.72. The van der Waals surface area contributed by atoms with Gasteiger partial charge in [0.1, 0.15) is 6.61 Å². The average molecular weight is 196 g/mol. The van der Waals surface area contributed by atoms with Crippen LogP contribution in [0.4, 0.5) is 0 Å². The summed E-state index contributed by atoms with van der Waals surface area (Å²) in [4.78, 5) is 4.15. The van der Waals surface area contributed by atoms with Gasteiger partial charge < -0.3 is 14.8 Å². The number of hydrogen-bond acceptors (Lipinski definition) is 4. The topological polar surface area (TPSA) is 43.4 Å². The molecule has 1 aromatic rings. The van der Waals surface area contributed by atoms with Crippen molar-refractivity contribution in [2.75, 3.05) is 27.4 Å². The zero-order valence-electron chi connectivity index (χ0n) is 8.62. The molecule has 0 bridgehead atoms. The van der Waals surface area contributed by atoms with Gasteiger partial charge in [0.15, 0.2) is 0 Å². The van der Waals surface area contributed by atoms with Crippen molar-refractivity contribution in [2.24, 2.45) is 0 Å². The van der Waals surface area contributed by atoms with E-state index < -0.39 is 0 Å². The summed E-state index contributed by atoms with van der Waals surface area (Å²) in [6, 6.07) is 3.86. The molecule has 1 heterocycles. The van der Waals surface area contributed by atoms with Crippen LogP contribution in [-0.2, 0) is 11.3 Å². The van der Waals surface area contributed by atoms with E-state index in [0.717, 1.165) is 12.1 Å². The Hall–Kier alpha value is -1.13. The van der Waals surface area contributed by atoms with E-state index in [0.29, 0.717) is 19.1 Å². The van der Waals surface area contributed by atoms with Gasteiger partial charge in [0.05, 0.1) is 6.61 Å². The lowest BCUT2D eigenvalue weighted by atomic mass is 10.3. The van der Waals surface area contributed by atoms with Crippen molar-refractivity contribution in [1.82, 2.24) is 10.3 Å². The minimum Gasteiger partial charge on any atom is -0.475 e. The van der Waals surface area contributed by atoms with Gasteiger partial charge in [-0.15, -0.1) is 0 Å². The predicted molar refractivity (Wildman–Crippen MR) is 54.4 cm³/mol. The first-order valence-electron chi connectivity index (χ1n) is 4.58. The minimum atomic E-state index is 0.537. The highest BCUT2D eigenvalue weighted by Gasteiger charge is 1.95. The monoisotopic (exact) mass is 196 g/mol. The molecule has 14 heavy (non-hydrogen) atoms. The summed E-state index contributed by atoms with van der Waals surface area (Å²) in [5.41, 5.74) is 1.14. The maximum absolute atomic E-state index is 5.32. The van der Waals surface area contributed by atoms with Gasteiger partial charge in [-0.25, -0.2) is 4.98 Å². The fourth-order valence-electron chi connectivity index (χ4n) is 1.03. The molecular weight excluding hydrogens is 180 g/mol. The zero-order valence-corrected chi connectivity index (χ0v) is 8.62. The average Bonchev–Trinajstić information content (AvgIpc) is 2.21.